The Hall–Kier alpha value is -2.16. The molecule has 0 radical (unpaired) electrons. The highest BCUT2D eigenvalue weighted by atomic mass is 16.5. The van der Waals surface area contributed by atoms with Crippen molar-refractivity contribution in [3.63, 3.8) is 0 Å². The molecule has 2 aromatic carbocycles. The average molecular weight is 282 g/mol. The molecule has 3 nitrogen and oxygen atoms in total. The lowest BCUT2D eigenvalue weighted by Gasteiger charge is -2.25. The third kappa shape index (κ3) is 2.82. The molecular formula is C18H22N2O. The minimum atomic E-state index is 0.757. The van der Waals surface area contributed by atoms with Gasteiger partial charge in [0.2, 0.25) is 0 Å². The van der Waals surface area contributed by atoms with Gasteiger partial charge < -0.3 is 15.4 Å². The van der Waals surface area contributed by atoms with Gasteiger partial charge in [-0.3, -0.25) is 0 Å². The van der Waals surface area contributed by atoms with Crippen LogP contribution in [0.1, 0.15) is 24.0 Å². The average Bonchev–Trinajstić information content (AvgIpc) is 2.49. The fourth-order valence-corrected chi connectivity index (χ4v) is 2.99. The summed E-state index contributed by atoms with van der Waals surface area (Å²) >= 11 is 0. The lowest BCUT2D eigenvalue weighted by molar-refractivity contribution is 0.470. The molecule has 0 saturated heterocycles. The van der Waals surface area contributed by atoms with E-state index in [0.717, 1.165) is 30.0 Å². The first-order chi connectivity index (χ1) is 10.1. The van der Waals surface area contributed by atoms with Crippen molar-refractivity contribution in [1.29, 1.82) is 0 Å². The smallest absolute Gasteiger partial charge is 0.131 e. The Morgan fingerprint density at radius 3 is 2.24 bits per heavy atom. The van der Waals surface area contributed by atoms with Crippen LogP contribution in [0.5, 0.6) is 11.5 Å². The highest BCUT2D eigenvalue weighted by Gasteiger charge is 2.19. The van der Waals surface area contributed by atoms with Crippen molar-refractivity contribution in [3.8, 4) is 11.5 Å². The van der Waals surface area contributed by atoms with Gasteiger partial charge in [-0.1, -0.05) is 0 Å². The summed E-state index contributed by atoms with van der Waals surface area (Å²) in [6.07, 6.45) is 4.74. The van der Waals surface area contributed by atoms with E-state index in [0.29, 0.717) is 0 Å². The van der Waals surface area contributed by atoms with E-state index in [1.165, 1.54) is 29.7 Å². The summed E-state index contributed by atoms with van der Waals surface area (Å²) in [4.78, 5) is 2.19. The van der Waals surface area contributed by atoms with E-state index in [1.54, 1.807) is 0 Å². The van der Waals surface area contributed by atoms with Gasteiger partial charge in [0.15, 0.2) is 0 Å². The third-order valence-electron chi connectivity index (χ3n) is 4.06. The van der Waals surface area contributed by atoms with Crippen molar-refractivity contribution in [2.75, 3.05) is 24.7 Å². The zero-order chi connectivity index (χ0) is 14.8. The highest BCUT2D eigenvalue weighted by Crippen LogP contribution is 2.37. The number of ether oxygens (including phenoxy) is 1. The summed E-state index contributed by atoms with van der Waals surface area (Å²) in [6.45, 7) is 0. The predicted molar refractivity (Wildman–Crippen MR) is 88.3 cm³/mol. The quantitative estimate of drug-likeness (QED) is 0.865. The van der Waals surface area contributed by atoms with E-state index in [2.05, 4.69) is 31.1 Å². The number of hydrogen-bond acceptors (Lipinski definition) is 3. The lowest BCUT2D eigenvalue weighted by Crippen LogP contribution is -2.15. The van der Waals surface area contributed by atoms with E-state index in [1.807, 2.05) is 24.3 Å². The molecule has 0 unspecified atom stereocenters. The van der Waals surface area contributed by atoms with E-state index < -0.39 is 0 Å². The van der Waals surface area contributed by atoms with Gasteiger partial charge in [-0.2, -0.15) is 0 Å². The predicted octanol–water partition coefficient (Wildman–Crippen LogP) is 4.01. The second-order valence-electron chi connectivity index (χ2n) is 5.81. The van der Waals surface area contributed by atoms with Gasteiger partial charge in [-0.15, -0.1) is 0 Å². The SMILES string of the molecule is CN(C)c1ccc(Oc2ccc(N)cc2)c2c1CCCC2. The van der Waals surface area contributed by atoms with E-state index in [4.69, 9.17) is 10.5 Å². The van der Waals surface area contributed by atoms with Gasteiger partial charge in [0, 0.05) is 31.0 Å². The molecule has 1 aliphatic rings. The summed E-state index contributed by atoms with van der Waals surface area (Å²) < 4.78 is 6.09. The summed E-state index contributed by atoms with van der Waals surface area (Å²) in [5.74, 6) is 1.83. The fourth-order valence-electron chi connectivity index (χ4n) is 2.99. The number of rotatable bonds is 3. The Balaban J connectivity index is 1.97. The maximum Gasteiger partial charge on any atom is 0.131 e. The monoisotopic (exact) mass is 282 g/mol. The van der Waals surface area contributed by atoms with Crippen LogP contribution in [0.4, 0.5) is 11.4 Å². The Morgan fingerprint density at radius 1 is 0.905 bits per heavy atom. The van der Waals surface area contributed by atoms with Gasteiger partial charge in [-0.25, -0.2) is 0 Å². The van der Waals surface area contributed by atoms with Crippen LogP contribution >= 0.6 is 0 Å². The molecule has 3 heteroatoms. The Morgan fingerprint density at radius 2 is 1.57 bits per heavy atom. The molecule has 21 heavy (non-hydrogen) atoms. The molecule has 110 valence electrons. The molecule has 2 aromatic rings. The number of nitrogens with two attached hydrogens (primary N) is 1. The highest BCUT2D eigenvalue weighted by molar-refractivity contribution is 5.61. The first kappa shape index (κ1) is 13.8. The van der Waals surface area contributed by atoms with E-state index in [-0.39, 0.29) is 0 Å². The standard InChI is InChI=1S/C18H22N2O/c1-20(2)17-11-12-18(16-6-4-3-5-15(16)17)21-14-9-7-13(19)8-10-14/h7-12H,3-6,19H2,1-2H3. The van der Waals surface area contributed by atoms with Crippen LogP contribution in [0.15, 0.2) is 36.4 Å². The van der Waals surface area contributed by atoms with Gasteiger partial charge in [0.05, 0.1) is 0 Å². The topological polar surface area (TPSA) is 38.5 Å². The molecule has 3 rings (SSSR count). The minimum Gasteiger partial charge on any atom is -0.457 e. The van der Waals surface area contributed by atoms with Crippen LogP contribution in [-0.4, -0.2) is 14.1 Å². The van der Waals surface area contributed by atoms with Crippen LogP contribution in [0.25, 0.3) is 0 Å². The zero-order valence-electron chi connectivity index (χ0n) is 12.7. The van der Waals surface area contributed by atoms with E-state index >= 15 is 0 Å². The first-order valence-corrected chi connectivity index (χ1v) is 7.50. The molecule has 0 amide bonds. The molecule has 0 heterocycles. The Kier molecular flexibility index (Phi) is 3.74. The number of hydrogen-bond donors (Lipinski definition) is 1. The van der Waals surface area contributed by atoms with Crippen molar-refractivity contribution in [2.45, 2.75) is 25.7 Å². The molecule has 0 atom stereocenters. The molecule has 1 aliphatic carbocycles. The molecule has 0 aliphatic heterocycles. The van der Waals surface area contributed by atoms with Crippen molar-refractivity contribution in [3.05, 3.63) is 47.5 Å². The second-order valence-corrected chi connectivity index (χ2v) is 5.81. The zero-order valence-corrected chi connectivity index (χ0v) is 12.7. The number of fused-ring (bicyclic) bond motifs is 1. The number of nitrogens with zero attached hydrogens (tertiary/aromatic N) is 1. The van der Waals surface area contributed by atoms with Crippen molar-refractivity contribution in [1.82, 2.24) is 0 Å². The number of anilines is 2. The van der Waals surface area contributed by atoms with Crippen LogP contribution in [0.2, 0.25) is 0 Å². The Labute approximate surface area is 126 Å². The lowest BCUT2D eigenvalue weighted by atomic mass is 9.89. The van der Waals surface area contributed by atoms with Crippen molar-refractivity contribution in [2.24, 2.45) is 0 Å². The molecule has 0 spiro atoms. The van der Waals surface area contributed by atoms with Crippen LogP contribution in [-0.2, 0) is 12.8 Å². The van der Waals surface area contributed by atoms with Crippen LogP contribution in [0.3, 0.4) is 0 Å². The summed E-state index contributed by atoms with van der Waals surface area (Å²) in [6, 6.07) is 11.8. The molecule has 0 saturated carbocycles. The van der Waals surface area contributed by atoms with E-state index in [9.17, 15) is 0 Å². The largest absolute Gasteiger partial charge is 0.457 e. The number of nitrogen functional groups attached to an aromatic ring is 1. The first-order valence-electron chi connectivity index (χ1n) is 7.50. The van der Waals surface area contributed by atoms with Gasteiger partial charge in [0.25, 0.3) is 0 Å². The van der Waals surface area contributed by atoms with Crippen molar-refractivity contribution >= 4 is 11.4 Å². The van der Waals surface area contributed by atoms with Gasteiger partial charge in [0.1, 0.15) is 11.5 Å². The molecule has 0 aromatic heterocycles. The van der Waals surface area contributed by atoms with Crippen molar-refractivity contribution < 1.29 is 4.74 Å². The number of benzene rings is 2. The summed E-state index contributed by atoms with van der Waals surface area (Å²) in [7, 11) is 4.20. The summed E-state index contributed by atoms with van der Waals surface area (Å²) in [5, 5.41) is 0. The van der Waals surface area contributed by atoms with Crippen LogP contribution < -0.4 is 15.4 Å². The third-order valence-corrected chi connectivity index (χ3v) is 4.06. The maximum absolute atomic E-state index is 6.09. The molecule has 0 fully saturated rings. The maximum atomic E-state index is 6.09. The molecular weight excluding hydrogens is 260 g/mol. The molecule has 2 N–H and O–H groups in total. The summed E-state index contributed by atoms with van der Waals surface area (Å²) in [5.41, 5.74) is 10.6. The minimum absolute atomic E-state index is 0.757. The molecule has 0 bridgehead atoms. The van der Waals surface area contributed by atoms with Crippen LogP contribution in [0, 0.1) is 0 Å². The van der Waals surface area contributed by atoms with Gasteiger partial charge >= 0.3 is 0 Å². The van der Waals surface area contributed by atoms with Gasteiger partial charge in [-0.05, 0) is 67.6 Å². The Bertz CT molecular complexity index is 632. The normalized spacial score (nSPS) is 13.6. The second kappa shape index (κ2) is 5.68. The fraction of sp³-hybridized carbons (Fsp3) is 0.333.